The average molecular weight is 287 g/mol. The summed E-state index contributed by atoms with van der Waals surface area (Å²) in [6, 6.07) is 0. The second kappa shape index (κ2) is 4.59. The third kappa shape index (κ3) is 3.26. The van der Waals surface area contributed by atoms with Crippen LogP contribution >= 0.6 is 0 Å². The van der Waals surface area contributed by atoms with E-state index < -0.39 is 15.9 Å². The third-order valence-corrected chi connectivity index (χ3v) is 3.51. The Morgan fingerprint density at radius 2 is 1.79 bits per heavy atom. The van der Waals surface area contributed by atoms with Gasteiger partial charge in [-0.15, -0.1) is 0 Å². The van der Waals surface area contributed by atoms with Crippen molar-refractivity contribution in [3.63, 3.8) is 0 Å². The number of rotatable bonds is 3. The van der Waals surface area contributed by atoms with Crippen molar-refractivity contribution in [1.29, 1.82) is 0 Å². The van der Waals surface area contributed by atoms with Gasteiger partial charge in [-0.05, 0) is 0 Å². The van der Waals surface area contributed by atoms with Gasteiger partial charge in [0.15, 0.2) is 0 Å². The molecule has 1 unspecified atom stereocenters. The van der Waals surface area contributed by atoms with Gasteiger partial charge >= 0.3 is 0 Å². The minimum atomic E-state index is -3.63. The number of anilines is 3. The molecule has 0 aliphatic carbocycles. The Hall–Kier alpha value is -2.01. The summed E-state index contributed by atoms with van der Waals surface area (Å²) < 4.78 is 22.0. The summed E-state index contributed by atoms with van der Waals surface area (Å²) in [4.78, 5) is 24.2. The number of hydrogen-bond acceptors (Lipinski definition) is 8. The van der Waals surface area contributed by atoms with Gasteiger partial charge < -0.3 is 11.5 Å². The highest BCUT2D eigenvalue weighted by Crippen LogP contribution is 2.23. The first-order chi connectivity index (χ1) is 8.74. The largest absolute Gasteiger partial charge is 0.368 e. The fourth-order valence-electron chi connectivity index (χ4n) is 1.93. The molecule has 1 aromatic rings. The van der Waals surface area contributed by atoms with E-state index in [1.165, 1.54) is 4.90 Å². The second-order valence-electron chi connectivity index (χ2n) is 4.26. The maximum absolute atomic E-state index is 11.8. The first kappa shape index (κ1) is 13.4. The molecule has 1 aromatic heterocycles. The van der Waals surface area contributed by atoms with E-state index in [0.29, 0.717) is 0 Å². The van der Waals surface area contributed by atoms with Gasteiger partial charge in [-0.25, -0.2) is 13.6 Å². The van der Waals surface area contributed by atoms with E-state index in [1.807, 2.05) is 0 Å². The predicted octanol–water partition coefficient (Wildman–Crippen LogP) is -2.32. The Balaban J connectivity index is 2.20. The molecule has 19 heavy (non-hydrogen) atoms. The number of aromatic nitrogens is 3. The van der Waals surface area contributed by atoms with Crippen LogP contribution in [0.15, 0.2) is 0 Å². The summed E-state index contributed by atoms with van der Waals surface area (Å²) in [5.41, 5.74) is 10.8. The number of hydrogen-bond donors (Lipinski definition) is 3. The van der Waals surface area contributed by atoms with E-state index >= 15 is 0 Å². The molecule has 1 aliphatic heterocycles. The number of carbonyl (C=O) groups excluding carboxylic acids is 1. The first-order valence-electron chi connectivity index (χ1n) is 5.32. The lowest BCUT2D eigenvalue weighted by Gasteiger charge is -2.14. The maximum atomic E-state index is 11.8. The van der Waals surface area contributed by atoms with Crippen molar-refractivity contribution in [3.05, 3.63) is 0 Å². The van der Waals surface area contributed by atoms with E-state index in [0.717, 1.165) is 0 Å². The molecule has 0 saturated carbocycles. The Bertz CT molecular complexity index is 597. The SMILES string of the molecule is Nc1nc(N)nc(N2CC(CS(N)(=O)=O)CC2=O)n1. The van der Waals surface area contributed by atoms with Crippen LogP contribution in [-0.2, 0) is 14.8 Å². The summed E-state index contributed by atoms with van der Waals surface area (Å²) in [6.45, 7) is 0.151. The van der Waals surface area contributed by atoms with E-state index in [-0.39, 0.29) is 42.5 Å². The van der Waals surface area contributed by atoms with E-state index in [2.05, 4.69) is 15.0 Å². The predicted molar refractivity (Wildman–Crippen MR) is 67.1 cm³/mol. The topological polar surface area (TPSA) is 171 Å². The molecular formula is C8H13N7O3S. The van der Waals surface area contributed by atoms with Crippen LogP contribution in [0.1, 0.15) is 6.42 Å². The van der Waals surface area contributed by atoms with Crippen LogP contribution in [0.5, 0.6) is 0 Å². The molecule has 104 valence electrons. The van der Waals surface area contributed by atoms with Gasteiger partial charge in [0.25, 0.3) is 0 Å². The van der Waals surface area contributed by atoms with Crippen molar-refractivity contribution >= 4 is 33.8 Å². The Labute approximate surface area is 109 Å². The zero-order chi connectivity index (χ0) is 14.2. The molecule has 6 N–H and O–H groups in total. The van der Waals surface area contributed by atoms with Crippen LogP contribution in [0.4, 0.5) is 17.8 Å². The lowest BCUT2D eigenvalue weighted by atomic mass is 10.1. The zero-order valence-corrected chi connectivity index (χ0v) is 10.7. The summed E-state index contributed by atoms with van der Waals surface area (Å²) in [7, 11) is -3.63. The molecule has 0 spiro atoms. The minimum absolute atomic E-state index is 0.0203. The number of primary sulfonamides is 1. The van der Waals surface area contributed by atoms with E-state index in [9.17, 15) is 13.2 Å². The lowest BCUT2D eigenvalue weighted by molar-refractivity contribution is -0.117. The second-order valence-corrected chi connectivity index (χ2v) is 5.91. The lowest BCUT2D eigenvalue weighted by Crippen LogP contribution is -2.29. The molecule has 0 aromatic carbocycles. The molecule has 11 heteroatoms. The van der Waals surface area contributed by atoms with Gasteiger partial charge in [-0.1, -0.05) is 0 Å². The quantitative estimate of drug-likeness (QED) is 0.555. The highest BCUT2D eigenvalue weighted by molar-refractivity contribution is 7.89. The highest BCUT2D eigenvalue weighted by atomic mass is 32.2. The van der Waals surface area contributed by atoms with Crippen LogP contribution in [0.3, 0.4) is 0 Å². The Morgan fingerprint density at radius 1 is 1.21 bits per heavy atom. The Morgan fingerprint density at radius 3 is 2.32 bits per heavy atom. The van der Waals surface area contributed by atoms with Crippen LogP contribution < -0.4 is 21.5 Å². The standard InChI is InChI=1S/C8H13N7O3S/c9-6-12-7(10)14-8(13-6)15-2-4(1-5(15)16)3-19(11,17)18/h4H,1-3H2,(H2,11,17,18)(H4,9,10,12,13,14). The molecular weight excluding hydrogens is 274 g/mol. The molecule has 1 atom stereocenters. The number of sulfonamides is 1. The molecule has 1 saturated heterocycles. The summed E-state index contributed by atoms with van der Waals surface area (Å²) >= 11 is 0. The first-order valence-corrected chi connectivity index (χ1v) is 7.04. The van der Waals surface area contributed by atoms with E-state index in [4.69, 9.17) is 16.6 Å². The van der Waals surface area contributed by atoms with Crippen LogP contribution in [0.25, 0.3) is 0 Å². The molecule has 10 nitrogen and oxygen atoms in total. The van der Waals surface area contributed by atoms with Crippen molar-refractivity contribution < 1.29 is 13.2 Å². The number of nitrogens with two attached hydrogens (primary N) is 3. The molecule has 1 fully saturated rings. The van der Waals surface area contributed by atoms with Gasteiger partial charge in [0, 0.05) is 18.9 Å². The van der Waals surface area contributed by atoms with Gasteiger partial charge in [-0.3, -0.25) is 9.69 Å². The molecule has 1 aliphatic rings. The Kier molecular flexibility index (Phi) is 3.24. The number of nitrogens with zero attached hydrogens (tertiary/aromatic N) is 4. The summed E-state index contributed by atoms with van der Waals surface area (Å²) in [5, 5.41) is 4.95. The van der Waals surface area contributed by atoms with Crippen molar-refractivity contribution in [2.24, 2.45) is 11.1 Å². The molecule has 2 heterocycles. The van der Waals surface area contributed by atoms with E-state index in [1.54, 1.807) is 0 Å². The van der Waals surface area contributed by atoms with Gasteiger partial charge in [0.2, 0.25) is 33.8 Å². The van der Waals surface area contributed by atoms with Crippen LogP contribution in [-0.4, -0.2) is 41.6 Å². The van der Waals surface area contributed by atoms with Crippen molar-refractivity contribution in [2.45, 2.75) is 6.42 Å². The highest BCUT2D eigenvalue weighted by Gasteiger charge is 2.34. The van der Waals surface area contributed by atoms with Gasteiger partial charge in [-0.2, -0.15) is 15.0 Å². The summed E-state index contributed by atoms with van der Waals surface area (Å²) in [5.74, 6) is -1.17. The van der Waals surface area contributed by atoms with Gasteiger partial charge in [0.05, 0.1) is 5.75 Å². The van der Waals surface area contributed by atoms with Crippen molar-refractivity contribution in [1.82, 2.24) is 15.0 Å². The number of carbonyl (C=O) groups is 1. The summed E-state index contributed by atoms with van der Waals surface area (Å²) in [6.07, 6.45) is 0.0575. The monoisotopic (exact) mass is 287 g/mol. The van der Waals surface area contributed by atoms with Crippen LogP contribution in [0.2, 0.25) is 0 Å². The number of nitrogen functional groups attached to an aromatic ring is 2. The van der Waals surface area contributed by atoms with Crippen molar-refractivity contribution in [2.75, 3.05) is 28.7 Å². The molecule has 0 radical (unpaired) electrons. The zero-order valence-electron chi connectivity index (χ0n) is 9.85. The maximum Gasteiger partial charge on any atom is 0.238 e. The minimum Gasteiger partial charge on any atom is -0.368 e. The van der Waals surface area contributed by atoms with Crippen LogP contribution in [0, 0.1) is 5.92 Å². The molecule has 2 rings (SSSR count). The fourth-order valence-corrected chi connectivity index (χ4v) is 2.81. The van der Waals surface area contributed by atoms with Crippen molar-refractivity contribution in [3.8, 4) is 0 Å². The molecule has 1 amide bonds. The number of amides is 1. The fraction of sp³-hybridized carbons (Fsp3) is 0.500. The average Bonchev–Trinajstić information content (AvgIpc) is 2.54. The normalized spacial score (nSPS) is 19.9. The third-order valence-electron chi connectivity index (χ3n) is 2.57. The molecule has 0 bridgehead atoms. The van der Waals surface area contributed by atoms with Gasteiger partial charge in [0.1, 0.15) is 0 Å². The smallest absolute Gasteiger partial charge is 0.238 e.